The minimum absolute atomic E-state index is 0.00395. The van der Waals surface area contributed by atoms with Crippen molar-refractivity contribution in [1.29, 1.82) is 0 Å². The molecule has 4 rings (SSSR count). The summed E-state index contributed by atoms with van der Waals surface area (Å²) >= 11 is 0. The zero-order valence-corrected chi connectivity index (χ0v) is 20.4. The number of nitrogens with zero attached hydrogens (tertiary/aromatic N) is 1. The van der Waals surface area contributed by atoms with Gasteiger partial charge in [-0.05, 0) is 81.8 Å². The summed E-state index contributed by atoms with van der Waals surface area (Å²) in [5, 5.41) is 2.61. The Morgan fingerprint density at radius 1 is 1.15 bits per heavy atom. The molecular weight excluding hydrogens is 439 g/mol. The number of ether oxygens (including phenoxy) is 3. The van der Waals surface area contributed by atoms with E-state index >= 15 is 0 Å². The standard InChI is InChI=1S/C26H37FN2O5/c1-25(7-8-25)34-24(31)29-12-9-26(10-13-29)17-19(18-26)4-3-14-33-20-5-6-21(22(27)16-20)23(30)28-11-15-32-2/h5-6,16,19H,3-4,7-15,17-18H2,1-2H3,(H,28,30). The number of piperidine rings is 1. The highest BCUT2D eigenvalue weighted by molar-refractivity contribution is 5.94. The maximum Gasteiger partial charge on any atom is 0.410 e. The molecule has 1 saturated heterocycles. The molecule has 7 nitrogen and oxygen atoms in total. The minimum atomic E-state index is -0.588. The first kappa shape index (κ1) is 24.8. The van der Waals surface area contributed by atoms with Gasteiger partial charge in [0.2, 0.25) is 0 Å². The van der Waals surface area contributed by atoms with Gasteiger partial charge in [-0.15, -0.1) is 0 Å². The largest absolute Gasteiger partial charge is 0.493 e. The van der Waals surface area contributed by atoms with Crippen LogP contribution in [0.3, 0.4) is 0 Å². The summed E-state index contributed by atoms with van der Waals surface area (Å²) in [6, 6.07) is 4.36. The summed E-state index contributed by atoms with van der Waals surface area (Å²) in [5.41, 5.74) is 0.195. The van der Waals surface area contributed by atoms with Gasteiger partial charge in [-0.2, -0.15) is 0 Å². The van der Waals surface area contributed by atoms with E-state index in [0.717, 1.165) is 51.6 Å². The molecule has 8 heteroatoms. The molecule has 1 N–H and O–H groups in total. The molecule has 0 aromatic heterocycles. The Hall–Kier alpha value is -2.35. The van der Waals surface area contributed by atoms with Crippen LogP contribution in [-0.4, -0.2) is 62.5 Å². The molecule has 1 spiro atoms. The molecular formula is C26H37FN2O5. The molecule has 2 amide bonds. The summed E-state index contributed by atoms with van der Waals surface area (Å²) in [7, 11) is 1.54. The fourth-order valence-corrected chi connectivity index (χ4v) is 5.19. The first-order chi connectivity index (χ1) is 16.3. The lowest BCUT2D eigenvalue weighted by atomic mass is 9.56. The van der Waals surface area contributed by atoms with Crippen molar-refractivity contribution in [2.75, 3.05) is 40.0 Å². The number of hydrogen-bond acceptors (Lipinski definition) is 5. The lowest BCUT2D eigenvalue weighted by Gasteiger charge is -2.52. The molecule has 0 unspecified atom stereocenters. The minimum Gasteiger partial charge on any atom is -0.493 e. The zero-order valence-electron chi connectivity index (χ0n) is 20.4. The van der Waals surface area contributed by atoms with Crippen LogP contribution in [0.25, 0.3) is 0 Å². The van der Waals surface area contributed by atoms with Gasteiger partial charge in [0.05, 0.1) is 18.8 Å². The fourth-order valence-electron chi connectivity index (χ4n) is 5.19. The second kappa shape index (κ2) is 10.5. The summed E-state index contributed by atoms with van der Waals surface area (Å²) in [5.74, 6) is 0.0902. The number of hydrogen-bond donors (Lipinski definition) is 1. The Balaban J connectivity index is 1.10. The van der Waals surface area contributed by atoms with Crippen LogP contribution in [-0.2, 0) is 9.47 Å². The highest BCUT2D eigenvalue weighted by atomic mass is 19.1. The molecule has 2 saturated carbocycles. The Kier molecular flexibility index (Phi) is 7.65. The summed E-state index contributed by atoms with van der Waals surface area (Å²) in [4.78, 5) is 26.2. The van der Waals surface area contributed by atoms with E-state index in [4.69, 9.17) is 14.2 Å². The number of rotatable bonds is 10. The van der Waals surface area contributed by atoms with Crippen molar-refractivity contribution in [2.45, 2.75) is 63.9 Å². The van der Waals surface area contributed by atoms with Crippen molar-refractivity contribution < 1.29 is 28.2 Å². The first-order valence-electron chi connectivity index (χ1n) is 12.5. The van der Waals surface area contributed by atoms with E-state index < -0.39 is 11.7 Å². The van der Waals surface area contributed by atoms with Gasteiger partial charge in [0, 0.05) is 32.8 Å². The molecule has 1 aromatic carbocycles. The Bertz CT molecular complexity index is 872. The topological polar surface area (TPSA) is 77.1 Å². The van der Waals surface area contributed by atoms with Crippen molar-refractivity contribution in [1.82, 2.24) is 10.2 Å². The molecule has 1 aliphatic heterocycles. The van der Waals surface area contributed by atoms with E-state index in [9.17, 15) is 14.0 Å². The second-order valence-corrected chi connectivity index (χ2v) is 10.5. The maximum atomic E-state index is 14.3. The van der Waals surface area contributed by atoms with E-state index in [1.54, 1.807) is 13.2 Å². The number of methoxy groups -OCH3 is 1. The highest BCUT2D eigenvalue weighted by Crippen LogP contribution is 2.54. The molecule has 0 bridgehead atoms. The Morgan fingerprint density at radius 3 is 2.53 bits per heavy atom. The van der Waals surface area contributed by atoms with Gasteiger partial charge in [-0.1, -0.05) is 0 Å². The van der Waals surface area contributed by atoms with Crippen LogP contribution >= 0.6 is 0 Å². The number of halogens is 1. The van der Waals surface area contributed by atoms with Crippen molar-refractivity contribution in [3.8, 4) is 5.75 Å². The number of carbonyl (C=O) groups is 2. The van der Waals surface area contributed by atoms with E-state index in [2.05, 4.69) is 5.32 Å². The van der Waals surface area contributed by atoms with Gasteiger partial charge >= 0.3 is 6.09 Å². The molecule has 1 heterocycles. The third kappa shape index (κ3) is 6.20. The van der Waals surface area contributed by atoms with Crippen molar-refractivity contribution >= 4 is 12.0 Å². The normalized spacial score (nSPS) is 20.5. The van der Waals surface area contributed by atoms with Crippen molar-refractivity contribution in [3.63, 3.8) is 0 Å². The quantitative estimate of drug-likeness (QED) is 0.502. The Labute approximate surface area is 201 Å². The van der Waals surface area contributed by atoms with Crippen molar-refractivity contribution in [3.05, 3.63) is 29.6 Å². The lowest BCUT2D eigenvalue weighted by Crippen LogP contribution is -2.49. The number of benzene rings is 1. The van der Waals surface area contributed by atoms with Gasteiger partial charge in [0.15, 0.2) is 0 Å². The number of nitrogens with one attached hydrogen (secondary N) is 1. The van der Waals surface area contributed by atoms with E-state index in [0.29, 0.717) is 36.8 Å². The van der Waals surface area contributed by atoms with Gasteiger partial charge in [-0.25, -0.2) is 9.18 Å². The monoisotopic (exact) mass is 476 g/mol. The van der Waals surface area contributed by atoms with Gasteiger partial charge in [0.25, 0.3) is 5.91 Å². The molecule has 34 heavy (non-hydrogen) atoms. The van der Waals surface area contributed by atoms with Crippen LogP contribution in [0.4, 0.5) is 9.18 Å². The third-order valence-corrected chi connectivity index (χ3v) is 7.62. The van der Waals surface area contributed by atoms with Gasteiger partial charge in [-0.3, -0.25) is 4.79 Å². The molecule has 0 radical (unpaired) electrons. The third-order valence-electron chi connectivity index (χ3n) is 7.62. The van der Waals surface area contributed by atoms with Gasteiger partial charge in [0.1, 0.15) is 17.2 Å². The van der Waals surface area contributed by atoms with Crippen molar-refractivity contribution in [2.24, 2.45) is 11.3 Å². The first-order valence-corrected chi connectivity index (χ1v) is 12.5. The summed E-state index contributed by atoms with van der Waals surface area (Å²) in [6.45, 7) is 4.85. The number of carbonyl (C=O) groups excluding carboxylic acids is 2. The lowest BCUT2D eigenvalue weighted by molar-refractivity contribution is -0.0231. The molecule has 1 aromatic rings. The van der Waals surface area contributed by atoms with Crippen LogP contribution in [0.2, 0.25) is 0 Å². The molecule has 3 fully saturated rings. The van der Waals surface area contributed by atoms with Crippen LogP contribution < -0.4 is 10.1 Å². The van der Waals surface area contributed by atoms with E-state index in [1.807, 2.05) is 11.8 Å². The average Bonchev–Trinajstić information content (AvgIpc) is 3.52. The second-order valence-electron chi connectivity index (χ2n) is 10.5. The molecule has 0 atom stereocenters. The molecule has 2 aliphatic carbocycles. The van der Waals surface area contributed by atoms with E-state index in [1.165, 1.54) is 25.0 Å². The highest BCUT2D eigenvalue weighted by Gasteiger charge is 2.47. The van der Waals surface area contributed by atoms with E-state index in [-0.39, 0.29) is 17.3 Å². The zero-order chi connectivity index (χ0) is 24.2. The predicted molar refractivity (Wildman–Crippen MR) is 125 cm³/mol. The fraction of sp³-hybridized carbons (Fsp3) is 0.692. The average molecular weight is 477 g/mol. The van der Waals surface area contributed by atoms with Crippen LogP contribution in [0.1, 0.15) is 68.6 Å². The molecule has 188 valence electrons. The maximum absolute atomic E-state index is 14.3. The van der Waals surface area contributed by atoms with Crippen LogP contribution in [0, 0.1) is 17.2 Å². The number of likely N-dealkylation sites (tertiary alicyclic amines) is 1. The summed E-state index contributed by atoms with van der Waals surface area (Å²) < 4.78 is 30.5. The SMILES string of the molecule is COCCNC(=O)c1ccc(OCCCC2CC3(CCN(C(=O)OC4(C)CC4)CC3)C2)cc1F. The van der Waals surface area contributed by atoms with Crippen LogP contribution in [0.15, 0.2) is 18.2 Å². The number of amides is 2. The smallest absolute Gasteiger partial charge is 0.410 e. The predicted octanol–water partition coefficient (Wildman–Crippen LogP) is 4.54. The van der Waals surface area contributed by atoms with Crippen LogP contribution in [0.5, 0.6) is 5.75 Å². The Morgan fingerprint density at radius 2 is 1.88 bits per heavy atom. The summed E-state index contributed by atoms with van der Waals surface area (Å²) in [6.07, 6.45) is 8.40. The van der Waals surface area contributed by atoms with Gasteiger partial charge < -0.3 is 24.4 Å². The molecule has 3 aliphatic rings.